The summed E-state index contributed by atoms with van der Waals surface area (Å²) in [6, 6.07) is 23.3. The Morgan fingerprint density at radius 2 is 1.69 bits per heavy atom. The first-order valence-electron chi connectivity index (χ1n) is 9.96. The van der Waals surface area contributed by atoms with Crippen LogP contribution in [0.4, 0.5) is 0 Å². The molecule has 166 valence electrons. The van der Waals surface area contributed by atoms with Crippen LogP contribution in [0.3, 0.4) is 0 Å². The number of hydrogen-bond donors (Lipinski definition) is 1. The molecule has 7 nitrogen and oxygen atoms in total. The number of hydrogen-bond acceptors (Lipinski definition) is 5. The highest BCUT2D eigenvalue weighted by Gasteiger charge is 2.30. The standard InChI is InChI=1S/C24H25N3O4S/c1-19-13-14-22(31-2)23(15-19)32(29,30)27(17-21-11-7-4-8-12-21)18-24(28)26-25-16-20-9-5-3-6-10-20/h3-16H,17-18H2,1-2H3,(H,26,28)/b25-16+. The molecule has 3 rings (SSSR count). The van der Waals surface area contributed by atoms with Crippen molar-refractivity contribution < 1.29 is 17.9 Å². The first-order valence-corrected chi connectivity index (χ1v) is 11.4. The molecule has 0 saturated heterocycles. The summed E-state index contributed by atoms with van der Waals surface area (Å²) in [5.41, 5.74) is 4.73. The van der Waals surface area contributed by atoms with E-state index in [0.29, 0.717) is 0 Å². The summed E-state index contributed by atoms with van der Waals surface area (Å²) in [4.78, 5) is 12.6. The molecule has 0 unspecified atom stereocenters. The predicted molar refractivity (Wildman–Crippen MR) is 124 cm³/mol. The van der Waals surface area contributed by atoms with Crippen LogP contribution in [0, 0.1) is 6.92 Å². The normalized spacial score (nSPS) is 11.6. The van der Waals surface area contributed by atoms with Gasteiger partial charge in [0.25, 0.3) is 5.91 Å². The lowest BCUT2D eigenvalue weighted by atomic mass is 10.2. The van der Waals surface area contributed by atoms with Crippen molar-refractivity contribution in [3.05, 3.63) is 95.6 Å². The molecule has 0 bridgehead atoms. The van der Waals surface area contributed by atoms with Gasteiger partial charge in [0.1, 0.15) is 10.6 Å². The molecule has 3 aromatic rings. The number of nitrogens with zero attached hydrogens (tertiary/aromatic N) is 2. The summed E-state index contributed by atoms with van der Waals surface area (Å²) in [5.74, 6) is -0.334. The van der Waals surface area contributed by atoms with Crippen molar-refractivity contribution in [3.8, 4) is 5.75 Å². The molecule has 1 N–H and O–H groups in total. The van der Waals surface area contributed by atoms with Crippen molar-refractivity contribution in [2.75, 3.05) is 13.7 Å². The highest BCUT2D eigenvalue weighted by atomic mass is 32.2. The zero-order valence-corrected chi connectivity index (χ0v) is 18.7. The van der Waals surface area contributed by atoms with Crippen molar-refractivity contribution in [2.24, 2.45) is 5.10 Å². The van der Waals surface area contributed by atoms with Gasteiger partial charge in [-0.3, -0.25) is 4.79 Å². The molecule has 8 heteroatoms. The minimum atomic E-state index is -4.04. The number of methoxy groups -OCH3 is 1. The van der Waals surface area contributed by atoms with E-state index in [2.05, 4.69) is 10.5 Å². The van der Waals surface area contributed by atoms with Gasteiger partial charge >= 0.3 is 0 Å². The highest BCUT2D eigenvalue weighted by molar-refractivity contribution is 7.89. The SMILES string of the molecule is COc1ccc(C)cc1S(=O)(=O)N(CC(=O)N/N=C/c1ccccc1)Cc1ccccc1. The van der Waals surface area contributed by atoms with E-state index in [0.717, 1.165) is 21.0 Å². The monoisotopic (exact) mass is 451 g/mol. The maximum atomic E-state index is 13.5. The van der Waals surface area contributed by atoms with Crippen LogP contribution in [-0.4, -0.2) is 38.5 Å². The van der Waals surface area contributed by atoms with Crippen LogP contribution in [0.5, 0.6) is 5.75 Å². The van der Waals surface area contributed by atoms with Crippen LogP contribution in [0.2, 0.25) is 0 Å². The fourth-order valence-electron chi connectivity index (χ4n) is 3.05. The smallest absolute Gasteiger partial charge is 0.255 e. The van der Waals surface area contributed by atoms with Gasteiger partial charge in [0, 0.05) is 6.54 Å². The molecular weight excluding hydrogens is 426 g/mol. The number of ether oxygens (including phenoxy) is 1. The minimum absolute atomic E-state index is 0.0107. The average molecular weight is 452 g/mol. The maximum Gasteiger partial charge on any atom is 0.255 e. The lowest BCUT2D eigenvalue weighted by Crippen LogP contribution is -2.39. The highest BCUT2D eigenvalue weighted by Crippen LogP contribution is 2.28. The van der Waals surface area contributed by atoms with Gasteiger partial charge in [-0.05, 0) is 35.7 Å². The van der Waals surface area contributed by atoms with Crippen molar-refractivity contribution in [3.63, 3.8) is 0 Å². The molecule has 0 aromatic heterocycles. The second-order valence-corrected chi connectivity index (χ2v) is 9.02. The summed E-state index contributed by atoms with van der Waals surface area (Å²) < 4.78 is 33.4. The molecule has 0 heterocycles. The Bertz CT molecular complexity index is 1180. The molecule has 0 spiro atoms. The third kappa shape index (κ3) is 6.03. The van der Waals surface area contributed by atoms with Gasteiger partial charge in [0.05, 0.1) is 19.9 Å². The molecule has 0 radical (unpaired) electrons. The zero-order chi connectivity index (χ0) is 23.0. The van der Waals surface area contributed by atoms with E-state index in [1.807, 2.05) is 48.5 Å². The summed E-state index contributed by atoms with van der Waals surface area (Å²) in [6.45, 7) is 1.42. The van der Waals surface area contributed by atoms with Crippen LogP contribution >= 0.6 is 0 Å². The number of carbonyl (C=O) groups excluding carboxylic acids is 1. The second kappa shape index (κ2) is 10.7. The van der Waals surface area contributed by atoms with Gasteiger partial charge in [-0.15, -0.1) is 0 Å². The van der Waals surface area contributed by atoms with Gasteiger partial charge in [0.15, 0.2) is 0 Å². The quantitative estimate of drug-likeness (QED) is 0.399. The lowest BCUT2D eigenvalue weighted by molar-refractivity contribution is -0.121. The number of rotatable bonds is 9. The van der Waals surface area contributed by atoms with Crippen LogP contribution in [0.1, 0.15) is 16.7 Å². The van der Waals surface area contributed by atoms with E-state index >= 15 is 0 Å². The minimum Gasteiger partial charge on any atom is -0.495 e. The van der Waals surface area contributed by atoms with E-state index in [4.69, 9.17) is 4.74 Å². The van der Waals surface area contributed by atoms with Crippen LogP contribution < -0.4 is 10.2 Å². The van der Waals surface area contributed by atoms with Crippen LogP contribution in [-0.2, 0) is 21.4 Å². The van der Waals surface area contributed by atoms with Crippen molar-refractivity contribution in [1.82, 2.24) is 9.73 Å². The van der Waals surface area contributed by atoms with Crippen LogP contribution in [0.25, 0.3) is 0 Å². The molecule has 0 aliphatic rings. The third-order valence-electron chi connectivity index (χ3n) is 4.66. The van der Waals surface area contributed by atoms with E-state index in [9.17, 15) is 13.2 Å². The van der Waals surface area contributed by atoms with Crippen LogP contribution in [0.15, 0.2) is 88.9 Å². The summed E-state index contributed by atoms with van der Waals surface area (Å²) in [7, 11) is -2.63. The predicted octanol–water partition coefficient (Wildman–Crippen LogP) is 3.34. The number of aryl methyl sites for hydroxylation is 1. The topological polar surface area (TPSA) is 88.1 Å². The zero-order valence-electron chi connectivity index (χ0n) is 17.9. The first kappa shape index (κ1) is 23.2. The Balaban J connectivity index is 1.86. The molecule has 0 fully saturated rings. The van der Waals surface area contributed by atoms with Gasteiger partial charge in [-0.2, -0.15) is 9.41 Å². The Hall–Kier alpha value is -3.49. The molecule has 32 heavy (non-hydrogen) atoms. The molecular formula is C24H25N3O4S. The largest absolute Gasteiger partial charge is 0.495 e. The van der Waals surface area contributed by atoms with E-state index < -0.39 is 22.5 Å². The third-order valence-corrected chi connectivity index (χ3v) is 6.47. The summed E-state index contributed by atoms with van der Waals surface area (Å²) >= 11 is 0. The Labute approximate surface area is 188 Å². The molecule has 1 amide bonds. The Kier molecular flexibility index (Phi) is 7.75. The van der Waals surface area contributed by atoms with Gasteiger partial charge in [-0.25, -0.2) is 13.8 Å². The number of hydrazone groups is 1. The number of sulfonamides is 1. The van der Waals surface area contributed by atoms with E-state index in [-0.39, 0.29) is 17.2 Å². The van der Waals surface area contributed by atoms with Crippen molar-refractivity contribution >= 4 is 22.1 Å². The number of carbonyl (C=O) groups is 1. The van der Waals surface area contributed by atoms with Gasteiger partial charge < -0.3 is 4.74 Å². The van der Waals surface area contributed by atoms with Crippen molar-refractivity contribution in [1.29, 1.82) is 0 Å². The van der Waals surface area contributed by atoms with E-state index in [1.165, 1.54) is 19.4 Å². The maximum absolute atomic E-state index is 13.5. The molecule has 0 saturated carbocycles. The molecule has 0 aliphatic heterocycles. The van der Waals surface area contributed by atoms with Gasteiger partial charge in [0.2, 0.25) is 10.0 Å². The molecule has 0 atom stereocenters. The molecule has 3 aromatic carbocycles. The van der Waals surface area contributed by atoms with Crippen molar-refractivity contribution in [2.45, 2.75) is 18.4 Å². The second-order valence-electron chi connectivity index (χ2n) is 7.12. The number of benzene rings is 3. The fourth-order valence-corrected chi connectivity index (χ4v) is 4.68. The summed E-state index contributed by atoms with van der Waals surface area (Å²) in [5, 5.41) is 3.93. The Morgan fingerprint density at radius 1 is 1.03 bits per heavy atom. The lowest BCUT2D eigenvalue weighted by Gasteiger charge is -2.23. The Morgan fingerprint density at radius 3 is 2.34 bits per heavy atom. The fraction of sp³-hybridized carbons (Fsp3) is 0.167. The van der Waals surface area contributed by atoms with E-state index in [1.54, 1.807) is 31.2 Å². The first-order chi connectivity index (χ1) is 15.4. The molecule has 0 aliphatic carbocycles. The van der Waals surface area contributed by atoms with Gasteiger partial charge in [-0.1, -0.05) is 66.7 Å². The number of nitrogens with one attached hydrogen (secondary N) is 1. The average Bonchev–Trinajstić information content (AvgIpc) is 2.80. The summed E-state index contributed by atoms with van der Waals surface area (Å²) in [6.07, 6.45) is 1.50. The number of amides is 1.